The minimum absolute atomic E-state index is 0.284. The molecule has 4 nitrogen and oxygen atoms in total. The van der Waals surface area contributed by atoms with Crippen molar-refractivity contribution in [1.29, 1.82) is 0 Å². The number of nitrogens with one attached hydrogen (secondary N) is 1. The first-order valence-electron chi connectivity index (χ1n) is 7.30. The van der Waals surface area contributed by atoms with Gasteiger partial charge in [0.2, 0.25) is 0 Å². The first-order chi connectivity index (χ1) is 10.7. The molecule has 0 aliphatic heterocycles. The van der Waals surface area contributed by atoms with Gasteiger partial charge in [-0.05, 0) is 24.1 Å². The Morgan fingerprint density at radius 2 is 1.59 bits per heavy atom. The fourth-order valence-electron chi connectivity index (χ4n) is 2.01. The van der Waals surface area contributed by atoms with Gasteiger partial charge in [-0.1, -0.05) is 49.4 Å². The summed E-state index contributed by atoms with van der Waals surface area (Å²) in [5, 5.41) is 2.82. The van der Waals surface area contributed by atoms with Crippen LogP contribution in [0, 0.1) is 0 Å². The van der Waals surface area contributed by atoms with Crippen LogP contribution in [0.25, 0.3) is 0 Å². The molecule has 0 unspecified atom stereocenters. The van der Waals surface area contributed by atoms with Crippen molar-refractivity contribution in [2.24, 2.45) is 0 Å². The van der Waals surface area contributed by atoms with Crippen LogP contribution in [-0.2, 0) is 11.3 Å². The smallest absolute Gasteiger partial charge is 0.338 e. The third-order valence-electron chi connectivity index (χ3n) is 3.12. The molecule has 0 bridgehead atoms. The van der Waals surface area contributed by atoms with Crippen molar-refractivity contribution in [3.05, 3.63) is 71.3 Å². The lowest BCUT2D eigenvalue weighted by molar-refractivity contribution is 0.0501. The number of hydrogen-bond donors (Lipinski definition) is 1. The van der Waals surface area contributed by atoms with Gasteiger partial charge >= 0.3 is 5.97 Å². The van der Waals surface area contributed by atoms with Crippen molar-refractivity contribution in [1.82, 2.24) is 5.32 Å². The van der Waals surface area contributed by atoms with E-state index in [0.717, 1.165) is 12.0 Å². The second-order valence-corrected chi connectivity index (χ2v) is 4.85. The lowest BCUT2D eigenvalue weighted by atomic mass is 10.1. The Bertz CT molecular complexity index is 638. The number of carbonyl (C=O) groups excluding carboxylic acids is 2. The van der Waals surface area contributed by atoms with Crippen molar-refractivity contribution in [3.63, 3.8) is 0 Å². The van der Waals surface area contributed by atoms with Gasteiger partial charge < -0.3 is 10.1 Å². The Kier molecular flexibility index (Phi) is 5.72. The predicted molar refractivity (Wildman–Crippen MR) is 84.6 cm³/mol. The molecule has 2 aromatic carbocycles. The molecule has 2 aromatic rings. The van der Waals surface area contributed by atoms with E-state index < -0.39 is 5.97 Å². The molecule has 0 atom stereocenters. The normalized spacial score (nSPS) is 10.0. The highest BCUT2D eigenvalue weighted by atomic mass is 16.5. The van der Waals surface area contributed by atoms with Gasteiger partial charge in [-0.3, -0.25) is 4.79 Å². The maximum atomic E-state index is 12.3. The molecule has 2 rings (SSSR count). The van der Waals surface area contributed by atoms with E-state index in [0.29, 0.717) is 24.3 Å². The van der Waals surface area contributed by atoms with Crippen LogP contribution in [0.1, 0.15) is 39.6 Å². The Morgan fingerprint density at radius 1 is 0.955 bits per heavy atom. The van der Waals surface area contributed by atoms with Gasteiger partial charge in [-0.2, -0.15) is 0 Å². The van der Waals surface area contributed by atoms with E-state index >= 15 is 0 Å². The predicted octanol–water partition coefficient (Wildman–Crippen LogP) is 3.18. The number of ether oxygens (including phenoxy) is 1. The Morgan fingerprint density at radius 3 is 2.27 bits per heavy atom. The number of benzene rings is 2. The van der Waals surface area contributed by atoms with Crippen LogP contribution < -0.4 is 5.32 Å². The third-order valence-corrected chi connectivity index (χ3v) is 3.12. The number of amides is 1. The average molecular weight is 297 g/mol. The van der Waals surface area contributed by atoms with Crippen molar-refractivity contribution in [2.45, 2.75) is 19.9 Å². The summed E-state index contributed by atoms with van der Waals surface area (Å²) in [6.45, 7) is 2.68. The SMILES string of the molecule is CCCOC(=O)c1ccccc1C(=O)NCc1ccccc1. The van der Waals surface area contributed by atoms with Gasteiger partial charge in [-0.25, -0.2) is 4.79 Å². The zero-order chi connectivity index (χ0) is 15.8. The topological polar surface area (TPSA) is 55.4 Å². The molecule has 114 valence electrons. The van der Waals surface area contributed by atoms with Crippen molar-refractivity contribution < 1.29 is 14.3 Å². The number of hydrogen-bond acceptors (Lipinski definition) is 3. The van der Waals surface area contributed by atoms with Crippen LogP contribution >= 0.6 is 0 Å². The fourth-order valence-corrected chi connectivity index (χ4v) is 2.01. The molecular weight excluding hydrogens is 278 g/mol. The second-order valence-electron chi connectivity index (χ2n) is 4.85. The summed E-state index contributed by atoms with van der Waals surface area (Å²) in [6, 6.07) is 16.3. The largest absolute Gasteiger partial charge is 0.462 e. The van der Waals surface area contributed by atoms with Crippen molar-refractivity contribution in [3.8, 4) is 0 Å². The van der Waals surface area contributed by atoms with Gasteiger partial charge in [0, 0.05) is 6.54 Å². The Balaban J connectivity index is 2.07. The molecule has 0 heterocycles. The standard InChI is InChI=1S/C18H19NO3/c1-2-12-22-18(21)16-11-7-6-10-15(16)17(20)19-13-14-8-4-3-5-9-14/h3-11H,2,12-13H2,1H3,(H,19,20). The number of rotatable bonds is 6. The van der Waals surface area contributed by atoms with E-state index in [1.54, 1.807) is 24.3 Å². The maximum Gasteiger partial charge on any atom is 0.338 e. The molecule has 1 amide bonds. The van der Waals surface area contributed by atoms with E-state index in [1.807, 2.05) is 37.3 Å². The quantitative estimate of drug-likeness (QED) is 0.833. The molecule has 0 aromatic heterocycles. The summed E-state index contributed by atoms with van der Waals surface area (Å²) in [6.07, 6.45) is 0.744. The number of carbonyl (C=O) groups is 2. The molecule has 0 aliphatic carbocycles. The Labute approximate surface area is 130 Å². The summed E-state index contributed by atoms with van der Waals surface area (Å²) in [5.41, 5.74) is 1.63. The molecule has 0 radical (unpaired) electrons. The van der Waals surface area contributed by atoms with Crippen molar-refractivity contribution >= 4 is 11.9 Å². The fraction of sp³-hybridized carbons (Fsp3) is 0.222. The zero-order valence-electron chi connectivity index (χ0n) is 12.5. The summed E-state index contributed by atoms with van der Waals surface area (Å²) in [5.74, 6) is -0.750. The van der Waals surface area contributed by atoms with E-state index in [4.69, 9.17) is 4.74 Å². The monoisotopic (exact) mass is 297 g/mol. The Hall–Kier alpha value is -2.62. The molecule has 0 spiro atoms. The van der Waals surface area contributed by atoms with Gasteiger partial charge in [-0.15, -0.1) is 0 Å². The molecule has 0 aliphatic rings. The van der Waals surface area contributed by atoms with E-state index in [9.17, 15) is 9.59 Å². The van der Waals surface area contributed by atoms with Crippen molar-refractivity contribution in [2.75, 3.05) is 6.61 Å². The second kappa shape index (κ2) is 7.98. The average Bonchev–Trinajstić information content (AvgIpc) is 2.58. The maximum absolute atomic E-state index is 12.3. The highest BCUT2D eigenvalue weighted by Gasteiger charge is 2.17. The van der Waals surface area contributed by atoms with Crippen LogP contribution in [0.2, 0.25) is 0 Å². The van der Waals surface area contributed by atoms with Crippen LogP contribution in [0.5, 0.6) is 0 Å². The van der Waals surface area contributed by atoms with E-state index in [2.05, 4.69) is 5.32 Å². The summed E-state index contributed by atoms with van der Waals surface area (Å²) in [7, 11) is 0. The zero-order valence-corrected chi connectivity index (χ0v) is 12.5. The lowest BCUT2D eigenvalue weighted by Crippen LogP contribution is -2.25. The van der Waals surface area contributed by atoms with Gasteiger partial charge in [0.15, 0.2) is 0 Å². The summed E-state index contributed by atoms with van der Waals surface area (Å²) in [4.78, 5) is 24.3. The molecule has 4 heteroatoms. The summed E-state index contributed by atoms with van der Waals surface area (Å²) >= 11 is 0. The first-order valence-corrected chi connectivity index (χ1v) is 7.30. The highest BCUT2D eigenvalue weighted by Crippen LogP contribution is 2.11. The molecule has 22 heavy (non-hydrogen) atoms. The van der Waals surface area contributed by atoms with Gasteiger partial charge in [0.05, 0.1) is 17.7 Å². The van der Waals surface area contributed by atoms with Gasteiger partial charge in [0.1, 0.15) is 0 Å². The molecule has 1 N–H and O–H groups in total. The minimum atomic E-state index is -0.465. The molecule has 0 saturated carbocycles. The minimum Gasteiger partial charge on any atom is -0.462 e. The lowest BCUT2D eigenvalue weighted by Gasteiger charge is -2.10. The van der Waals surface area contributed by atoms with Crippen LogP contribution in [0.4, 0.5) is 0 Å². The van der Waals surface area contributed by atoms with Crippen LogP contribution in [0.3, 0.4) is 0 Å². The molecule has 0 fully saturated rings. The van der Waals surface area contributed by atoms with E-state index in [1.165, 1.54) is 0 Å². The van der Waals surface area contributed by atoms with Crippen LogP contribution in [-0.4, -0.2) is 18.5 Å². The first kappa shape index (κ1) is 15.8. The number of esters is 1. The van der Waals surface area contributed by atoms with Gasteiger partial charge in [0.25, 0.3) is 5.91 Å². The third kappa shape index (κ3) is 4.19. The highest BCUT2D eigenvalue weighted by molar-refractivity contribution is 6.05. The molecule has 0 saturated heterocycles. The van der Waals surface area contributed by atoms with E-state index in [-0.39, 0.29) is 5.91 Å². The van der Waals surface area contributed by atoms with Crippen LogP contribution in [0.15, 0.2) is 54.6 Å². The summed E-state index contributed by atoms with van der Waals surface area (Å²) < 4.78 is 5.11. The molecular formula is C18H19NO3.